The molecule has 0 aliphatic carbocycles. The Morgan fingerprint density at radius 2 is 2.18 bits per heavy atom. The maximum Gasteiger partial charge on any atom is 0.145 e. The van der Waals surface area contributed by atoms with E-state index in [1.807, 2.05) is 13.0 Å². The van der Waals surface area contributed by atoms with Crippen molar-refractivity contribution in [3.63, 3.8) is 0 Å². The zero-order valence-corrected chi connectivity index (χ0v) is 10.6. The number of hydrazine groups is 1. The number of aliphatic hydroxyl groups is 1. The fraction of sp³-hybridized carbons (Fsp3) is 0.636. The average molecular weight is 239 g/mol. The Bertz CT molecular complexity index is 356. The molecule has 1 aromatic rings. The molecule has 0 spiro atoms. The van der Waals surface area contributed by atoms with Gasteiger partial charge in [0.1, 0.15) is 17.5 Å². The first-order chi connectivity index (χ1) is 8.08. The van der Waals surface area contributed by atoms with Crippen molar-refractivity contribution in [2.75, 3.05) is 23.5 Å². The van der Waals surface area contributed by atoms with Crippen LogP contribution in [0.1, 0.15) is 26.1 Å². The molecule has 17 heavy (non-hydrogen) atoms. The molecule has 0 fully saturated rings. The van der Waals surface area contributed by atoms with Gasteiger partial charge in [-0.05, 0) is 27.2 Å². The van der Waals surface area contributed by atoms with Gasteiger partial charge in [0.25, 0.3) is 0 Å². The van der Waals surface area contributed by atoms with Crippen molar-refractivity contribution in [1.82, 2.24) is 9.97 Å². The lowest BCUT2D eigenvalue weighted by atomic mass is 10.2. The Hall–Kier alpha value is -1.40. The lowest BCUT2D eigenvalue weighted by Crippen LogP contribution is -2.33. The van der Waals surface area contributed by atoms with Crippen LogP contribution in [-0.2, 0) is 0 Å². The smallest absolute Gasteiger partial charge is 0.145 e. The molecule has 6 nitrogen and oxygen atoms in total. The molecule has 0 atom stereocenters. The first-order valence-corrected chi connectivity index (χ1v) is 5.78. The fourth-order valence-electron chi connectivity index (χ4n) is 1.65. The molecular weight excluding hydrogens is 218 g/mol. The van der Waals surface area contributed by atoms with E-state index in [9.17, 15) is 0 Å². The highest BCUT2D eigenvalue weighted by Gasteiger charge is 2.13. The van der Waals surface area contributed by atoms with Gasteiger partial charge in [0.05, 0.1) is 0 Å². The number of nitrogen functional groups attached to an aromatic ring is 1. The Kier molecular flexibility index (Phi) is 5.11. The van der Waals surface area contributed by atoms with Crippen molar-refractivity contribution >= 4 is 11.6 Å². The van der Waals surface area contributed by atoms with E-state index in [4.69, 9.17) is 10.9 Å². The van der Waals surface area contributed by atoms with Crippen LogP contribution in [0.4, 0.5) is 11.6 Å². The van der Waals surface area contributed by atoms with Crippen molar-refractivity contribution in [2.24, 2.45) is 5.84 Å². The molecule has 1 aromatic heterocycles. The van der Waals surface area contributed by atoms with Crippen molar-refractivity contribution in [3.05, 3.63) is 11.9 Å². The third kappa shape index (κ3) is 3.83. The van der Waals surface area contributed by atoms with E-state index < -0.39 is 0 Å². The second kappa shape index (κ2) is 6.36. The second-order valence-electron chi connectivity index (χ2n) is 4.17. The molecule has 0 aliphatic heterocycles. The monoisotopic (exact) mass is 239 g/mol. The summed E-state index contributed by atoms with van der Waals surface area (Å²) in [5, 5.41) is 8.91. The zero-order valence-electron chi connectivity index (χ0n) is 10.6. The highest BCUT2D eigenvalue weighted by atomic mass is 16.3. The van der Waals surface area contributed by atoms with Gasteiger partial charge in [0, 0.05) is 25.3 Å². The maximum absolute atomic E-state index is 8.91. The van der Waals surface area contributed by atoms with Gasteiger partial charge in [-0.1, -0.05) is 0 Å². The van der Waals surface area contributed by atoms with Crippen LogP contribution >= 0.6 is 0 Å². The van der Waals surface area contributed by atoms with Crippen LogP contribution < -0.4 is 16.2 Å². The standard InChI is InChI=1S/C11H21N5O/c1-8(2)16(5-4-6-17)11-7-10(15-12)13-9(3)14-11/h7-8,17H,4-6,12H2,1-3H3,(H,13,14,15). The highest BCUT2D eigenvalue weighted by Crippen LogP contribution is 2.18. The number of anilines is 2. The van der Waals surface area contributed by atoms with Gasteiger partial charge >= 0.3 is 0 Å². The predicted molar refractivity (Wildman–Crippen MR) is 68.8 cm³/mol. The van der Waals surface area contributed by atoms with E-state index in [1.54, 1.807) is 0 Å². The van der Waals surface area contributed by atoms with E-state index in [0.717, 1.165) is 12.4 Å². The second-order valence-corrected chi connectivity index (χ2v) is 4.17. The van der Waals surface area contributed by atoms with Gasteiger partial charge in [0.15, 0.2) is 0 Å². The molecule has 6 heteroatoms. The van der Waals surface area contributed by atoms with E-state index in [0.29, 0.717) is 24.1 Å². The van der Waals surface area contributed by atoms with Crippen LogP contribution in [-0.4, -0.2) is 34.3 Å². The van der Waals surface area contributed by atoms with Crippen molar-refractivity contribution in [3.8, 4) is 0 Å². The number of hydrogen-bond acceptors (Lipinski definition) is 6. The number of aromatic nitrogens is 2. The van der Waals surface area contributed by atoms with Gasteiger partial charge in [-0.3, -0.25) is 0 Å². The lowest BCUT2D eigenvalue weighted by Gasteiger charge is -2.28. The summed E-state index contributed by atoms with van der Waals surface area (Å²) < 4.78 is 0. The summed E-state index contributed by atoms with van der Waals surface area (Å²) >= 11 is 0. The molecule has 0 aliphatic rings. The number of aliphatic hydroxyl groups excluding tert-OH is 1. The molecule has 0 saturated carbocycles. The average Bonchev–Trinajstić information content (AvgIpc) is 2.28. The topological polar surface area (TPSA) is 87.3 Å². The van der Waals surface area contributed by atoms with Crippen LogP contribution in [0.15, 0.2) is 6.07 Å². The molecule has 0 aromatic carbocycles. The number of nitrogens with one attached hydrogen (secondary N) is 1. The third-order valence-electron chi connectivity index (χ3n) is 2.45. The largest absolute Gasteiger partial charge is 0.396 e. The van der Waals surface area contributed by atoms with Crippen molar-refractivity contribution < 1.29 is 5.11 Å². The van der Waals surface area contributed by atoms with Crippen LogP contribution in [0.5, 0.6) is 0 Å². The van der Waals surface area contributed by atoms with E-state index in [1.165, 1.54) is 0 Å². The van der Waals surface area contributed by atoms with Crippen LogP contribution in [0.25, 0.3) is 0 Å². The summed E-state index contributed by atoms with van der Waals surface area (Å²) in [7, 11) is 0. The minimum Gasteiger partial charge on any atom is -0.396 e. The Labute approximate surface area is 102 Å². The molecule has 4 N–H and O–H groups in total. The van der Waals surface area contributed by atoms with Gasteiger partial charge in [-0.25, -0.2) is 15.8 Å². The third-order valence-corrected chi connectivity index (χ3v) is 2.45. The summed E-state index contributed by atoms with van der Waals surface area (Å²) in [6, 6.07) is 2.12. The van der Waals surface area contributed by atoms with E-state index in [-0.39, 0.29) is 6.61 Å². The number of aryl methyl sites for hydroxylation is 1. The molecule has 0 bridgehead atoms. The minimum absolute atomic E-state index is 0.176. The summed E-state index contributed by atoms with van der Waals surface area (Å²) in [5.41, 5.74) is 2.53. The van der Waals surface area contributed by atoms with Gasteiger partial charge in [-0.15, -0.1) is 0 Å². The highest BCUT2D eigenvalue weighted by molar-refractivity contribution is 5.49. The van der Waals surface area contributed by atoms with Crippen molar-refractivity contribution in [1.29, 1.82) is 0 Å². The Morgan fingerprint density at radius 3 is 2.71 bits per heavy atom. The first-order valence-electron chi connectivity index (χ1n) is 5.78. The van der Waals surface area contributed by atoms with Crippen LogP contribution in [0, 0.1) is 6.92 Å². The molecule has 0 unspecified atom stereocenters. The molecule has 1 heterocycles. The Balaban J connectivity index is 2.96. The normalized spacial score (nSPS) is 10.7. The molecule has 0 radical (unpaired) electrons. The van der Waals surface area contributed by atoms with Crippen LogP contribution in [0.3, 0.4) is 0 Å². The fourth-order valence-corrected chi connectivity index (χ4v) is 1.65. The molecule has 0 amide bonds. The Morgan fingerprint density at radius 1 is 1.47 bits per heavy atom. The quantitative estimate of drug-likeness (QED) is 0.499. The van der Waals surface area contributed by atoms with Crippen LogP contribution in [0.2, 0.25) is 0 Å². The number of hydrogen-bond donors (Lipinski definition) is 3. The van der Waals surface area contributed by atoms with Gasteiger partial charge < -0.3 is 15.4 Å². The molecule has 0 saturated heterocycles. The molecule has 1 rings (SSSR count). The van der Waals surface area contributed by atoms with Gasteiger partial charge in [-0.2, -0.15) is 0 Å². The summed E-state index contributed by atoms with van der Waals surface area (Å²) in [5.74, 6) is 7.46. The number of rotatable bonds is 6. The lowest BCUT2D eigenvalue weighted by molar-refractivity contribution is 0.288. The molecule has 96 valence electrons. The van der Waals surface area contributed by atoms with Gasteiger partial charge in [0.2, 0.25) is 0 Å². The number of nitrogens with two attached hydrogens (primary N) is 1. The minimum atomic E-state index is 0.176. The SMILES string of the molecule is Cc1nc(NN)cc(N(CCCO)C(C)C)n1. The maximum atomic E-state index is 8.91. The van der Waals surface area contributed by atoms with E-state index >= 15 is 0 Å². The zero-order chi connectivity index (χ0) is 12.8. The predicted octanol–water partition coefficient (Wildman–Crippen LogP) is 0.668. The molecular formula is C11H21N5O. The summed E-state index contributed by atoms with van der Waals surface area (Å²) in [6.45, 7) is 6.94. The summed E-state index contributed by atoms with van der Waals surface area (Å²) in [6.07, 6.45) is 0.715. The van der Waals surface area contributed by atoms with E-state index in [2.05, 4.69) is 34.1 Å². The summed E-state index contributed by atoms with van der Waals surface area (Å²) in [4.78, 5) is 10.7. The van der Waals surface area contributed by atoms with Crippen molar-refractivity contribution in [2.45, 2.75) is 33.2 Å². The number of nitrogens with zero attached hydrogens (tertiary/aromatic N) is 3. The first kappa shape index (κ1) is 13.7.